The van der Waals surface area contributed by atoms with Gasteiger partial charge in [-0.05, 0) is 24.0 Å². The average Bonchev–Trinajstić information content (AvgIpc) is 3.15. The molecule has 26 heavy (non-hydrogen) atoms. The molecule has 1 saturated heterocycles. The van der Waals surface area contributed by atoms with E-state index in [2.05, 4.69) is 9.59 Å². The maximum atomic E-state index is 13.2. The number of aryl methyl sites for hydroxylation is 1. The maximum Gasteiger partial charge on any atom is 0.268 e. The van der Waals surface area contributed by atoms with Crippen LogP contribution in [0.25, 0.3) is 0 Å². The molecule has 2 amide bonds. The smallest absolute Gasteiger partial charge is 0.268 e. The van der Waals surface area contributed by atoms with E-state index < -0.39 is 0 Å². The van der Waals surface area contributed by atoms with Gasteiger partial charge in [0.15, 0.2) is 0 Å². The Labute approximate surface area is 156 Å². The number of para-hydroxylation sites is 1. The summed E-state index contributed by atoms with van der Waals surface area (Å²) in [4.78, 5) is 28.6. The lowest BCUT2D eigenvalue weighted by Crippen LogP contribution is -2.50. The first-order chi connectivity index (χ1) is 12.7. The van der Waals surface area contributed by atoms with E-state index in [1.54, 1.807) is 12.0 Å². The van der Waals surface area contributed by atoms with E-state index >= 15 is 0 Å². The summed E-state index contributed by atoms with van der Waals surface area (Å²) in [5.74, 6) is 0.629. The van der Waals surface area contributed by atoms with Crippen molar-refractivity contribution in [3.05, 3.63) is 40.4 Å². The second-order valence-electron chi connectivity index (χ2n) is 6.16. The number of amides is 2. The zero-order valence-electron chi connectivity index (χ0n) is 14.9. The molecule has 0 N–H and O–H groups in total. The van der Waals surface area contributed by atoms with Crippen LogP contribution in [0.3, 0.4) is 0 Å². The van der Waals surface area contributed by atoms with Gasteiger partial charge < -0.3 is 14.5 Å². The first kappa shape index (κ1) is 18.3. The first-order valence-corrected chi connectivity index (χ1v) is 9.41. The molecule has 0 spiro atoms. The summed E-state index contributed by atoms with van der Waals surface area (Å²) >= 11 is 1.14. The lowest BCUT2D eigenvalue weighted by molar-refractivity contribution is -0.120. The van der Waals surface area contributed by atoms with Crippen molar-refractivity contribution >= 4 is 23.8 Å². The monoisotopic (exact) mass is 374 g/mol. The molecular formula is C18H22N4O3S. The van der Waals surface area contributed by atoms with E-state index in [1.807, 2.05) is 36.1 Å². The van der Waals surface area contributed by atoms with Crippen molar-refractivity contribution in [2.24, 2.45) is 0 Å². The Morgan fingerprint density at radius 1 is 1.38 bits per heavy atom. The molecule has 1 fully saturated rings. The highest BCUT2D eigenvalue weighted by Gasteiger charge is 2.35. The predicted molar refractivity (Wildman–Crippen MR) is 98.3 cm³/mol. The number of nitrogens with zero attached hydrogens (tertiary/aromatic N) is 4. The summed E-state index contributed by atoms with van der Waals surface area (Å²) in [6.45, 7) is 3.46. The van der Waals surface area contributed by atoms with Crippen LogP contribution in [0, 0.1) is 0 Å². The van der Waals surface area contributed by atoms with Crippen LogP contribution in [-0.2, 0) is 11.2 Å². The maximum absolute atomic E-state index is 13.2. The molecule has 1 aromatic carbocycles. The SMILES string of the molecule is CCCc1nnsc1C(=O)N1CCN(C=O)C[C@@H]1c1ccccc1OC. The van der Waals surface area contributed by atoms with Crippen LogP contribution in [-0.4, -0.2) is 58.4 Å². The molecule has 2 heterocycles. The lowest BCUT2D eigenvalue weighted by atomic mass is 10.0. The van der Waals surface area contributed by atoms with Crippen molar-refractivity contribution in [3.8, 4) is 5.75 Å². The number of methoxy groups -OCH3 is 1. The minimum Gasteiger partial charge on any atom is -0.496 e. The number of aromatic nitrogens is 2. The highest BCUT2D eigenvalue weighted by atomic mass is 32.1. The quantitative estimate of drug-likeness (QED) is 0.724. The Bertz CT molecular complexity index is 779. The second kappa shape index (κ2) is 8.27. The van der Waals surface area contributed by atoms with E-state index in [0.29, 0.717) is 30.3 Å². The Balaban J connectivity index is 1.96. The summed E-state index contributed by atoms with van der Waals surface area (Å²) in [5.41, 5.74) is 1.64. The lowest BCUT2D eigenvalue weighted by Gasteiger charge is -2.40. The molecule has 1 aromatic heterocycles. The van der Waals surface area contributed by atoms with E-state index in [4.69, 9.17) is 4.74 Å². The molecule has 0 radical (unpaired) electrons. The fourth-order valence-corrected chi connectivity index (χ4v) is 3.92. The molecule has 8 heteroatoms. The number of hydrogen-bond donors (Lipinski definition) is 0. The molecule has 3 rings (SSSR count). The van der Waals surface area contributed by atoms with E-state index in [0.717, 1.165) is 42.0 Å². The number of piperazine rings is 1. The van der Waals surface area contributed by atoms with Gasteiger partial charge in [-0.1, -0.05) is 36.0 Å². The molecule has 0 bridgehead atoms. The summed E-state index contributed by atoms with van der Waals surface area (Å²) in [6.07, 6.45) is 2.47. The third kappa shape index (κ3) is 3.55. The van der Waals surface area contributed by atoms with E-state index in [9.17, 15) is 9.59 Å². The topological polar surface area (TPSA) is 75.6 Å². The number of benzene rings is 1. The van der Waals surface area contributed by atoms with Gasteiger partial charge in [-0.3, -0.25) is 9.59 Å². The number of carbonyl (C=O) groups excluding carboxylic acids is 2. The van der Waals surface area contributed by atoms with Crippen molar-refractivity contribution < 1.29 is 14.3 Å². The standard InChI is InChI=1S/C18H22N4O3S/c1-3-6-14-17(26-20-19-14)18(24)22-10-9-21(12-23)11-15(22)13-7-4-5-8-16(13)25-2/h4-5,7-8,12,15H,3,6,9-11H2,1-2H3/t15-/m1/s1. The van der Waals surface area contributed by atoms with Gasteiger partial charge in [-0.25, -0.2) is 0 Å². The van der Waals surface area contributed by atoms with Gasteiger partial charge in [0.1, 0.15) is 10.6 Å². The van der Waals surface area contributed by atoms with Crippen molar-refractivity contribution in [2.45, 2.75) is 25.8 Å². The highest BCUT2D eigenvalue weighted by Crippen LogP contribution is 2.33. The molecular weight excluding hydrogens is 352 g/mol. The van der Waals surface area contributed by atoms with Crippen LogP contribution in [0.15, 0.2) is 24.3 Å². The van der Waals surface area contributed by atoms with Gasteiger partial charge in [0.2, 0.25) is 6.41 Å². The summed E-state index contributed by atoms with van der Waals surface area (Å²) in [5, 5.41) is 4.11. The Morgan fingerprint density at radius 3 is 2.92 bits per heavy atom. The number of carbonyl (C=O) groups is 2. The molecule has 7 nitrogen and oxygen atoms in total. The predicted octanol–water partition coefficient (Wildman–Crippen LogP) is 2.15. The second-order valence-corrected chi connectivity index (χ2v) is 6.91. The number of hydrogen-bond acceptors (Lipinski definition) is 6. The largest absolute Gasteiger partial charge is 0.496 e. The first-order valence-electron chi connectivity index (χ1n) is 8.64. The fourth-order valence-electron chi connectivity index (χ4n) is 3.25. The van der Waals surface area contributed by atoms with Crippen LogP contribution in [0.5, 0.6) is 5.75 Å². The normalized spacial score (nSPS) is 17.2. The molecule has 1 aliphatic rings. The molecule has 1 aliphatic heterocycles. The Morgan fingerprint density at radius 2 is 2.19 bits per heavy atom. The highest BCUT2D eigenvalue weighted by molar-refractivity contribution is 7.08. The van der Waals surface area contributed by atoms with Crippen LogP contribution in [0.1, 0.15) is 40.3 Å². The summed E-state index contributed by atoms with van der Waals surface area (Å²) in [6, 6.07) is 7.34. The molecule has 2 aromatic rings. The third-order valence-corrected chi connectivity index (χ3v) is 5.31. The molecule has 0 unspecified atom stereocenters. The molecule has 0 saturated carbocycles. The van der Waals surface area contributed by atoms with Crippen molar-refractivity contribution in [1.82, 2.24) is 19.4 Å². The van der Waals surface area contributed by atoms with Gasteiger partial charge >= 0.3 is 0 Å². The molecule has 0 aliphatic carbocycles. The minimum atomic E-state index is -0.269. The van der Waals surface area contributed by atoms with Gasteiger partial charge in [0, 0.05) is 25.2 Å². The summed E-state index contributed by atoms with van der Waals surface area (Å²) in [7, 11) is 1.61. The van der Waals surface area contributed by atoms with Gasteiger partial charge in [-0.2, -0.15) is 0 Å². The van der Waals surface area contributed by atoms with Crippen LogP contribution in [0.2, 0.25) is 0 Å². The van der Waals surface area contributed by atoms with Gasteiger partial charge in [0.05, 0.1) is 18.8 Å². The van der Waals surface area contributed by atoms with Gasteiger partial charge in [0.25, 0.3) is 5.91 Å². The average molecular weight is 374 g/mol. The Hall–Kier alpha value is -2.48. The zero-order valence-corrected chi connectivity index (χ0v) is 15.7. The summed E-state index contributed by atoms with van der Waals surface area (Å²) < 4.78 is 9.45. The Kier molecular flexibility index (Phi) is 5.82. The third-order valence-electron chi connectivity index (χ3n) is 4.56. The van der Waals surface area contributed by atoms with E-state index in [1.165, 1.54) is 0 Å². The number of ether oxygens (including phenoxy) is 1. The van der Waals surface area contributed by atoms with Crippen molar-refractivity contribution in [1.29, 1.82) is 0 Å². The van der Waals surface area contributed by atoms with Crippen LogP contribution < -0.4 is 4.74 Å². The number of rotatable bonds is 6. The molecule has 1 atom stereocenters. The molecule has 138 valence electrons. The minimum absolute atomic E-state index is 0.0788. The zero-order chi connectivity index (χ0) is 18.5. The van der Waals surface area contributed by atoms with Gasteiger partial charge in [-0.15, -0.1) is 5.10 Å². The van der Waals surface area contributed by atoms with Crippen LogP contribution in [0.4, 0.5) is 0 Å². The van der Waals surface area contributed by atoms with Crippen molar-refractivity contribution in [3.63, 3.8) is 0 Å². The van der Waals surface area contributed by atoms with Crippen LogP contribution >= 0.6 is 11.5 Å². The van der Waals surface area contributed by atoms with Crippen molar-refractivity contribution in [2.75, 3.05) is 26.7 Å². The van der Waals surface area contributed by atoms with E-state index in [-0.39, 0.29) is 11.9 Å². The fraction of sp³-hybridized carbons (Fsp3) is 0.444.